The van der Waals surface area contributed by atoms with Crippen LogP contribution in [0.1, 0.15) is 5.56 Å². The van der Waals surface area contributed by atoms with Gasteiger partial charge in [-0.25, -0.2) is 4.79 Å². The zero-order chi connectivity index (χ0) is 16.1. The third-order valence-electron chi connectivity index (χ3n) is 2.84. The molecule has 2 aromatic carbocycles. The summed E-state index contributed by atoms with van der Waals surface area (Å²) in [5.74, 6) is 5.13. The van der Waals surface area contributed by atoms with E-state index in [0.717, 1.165) is 0 Å². The minimum Gasteiger partial charge on any atom is -0.476 e. The highest BCUT2D eigenvalue weighted by atomic mass is 35.5. The molecule has 22 heavy (non-hydrogen) atoms. The second-order valence-corrected chi connectivity index (χ2v) is 4.75. The predicted octanol–water partition coefficient (Wildman–Crippen LogP) is 2.31. The van der Waals surface area contributed by atoms with Crippen molar-refractivity contribution < 1.29 is 14.6 Å². The molecule has 114 valence electrons. The summed E-state index contributed by atoms with van der Waals surface area (Å²) < 4.78 is 5.63. The lowest BCUT2D eigenvalue weighted by molar-refractivity contribution is -0.133. The number of carboxylic acid groups (broad SMARTS) is 1. The number of hydrogen-bond donors (Lipinski definition) is 4. The van der Waals surface area contributed by atoms with Gasteiger partial charge in [0.1, 0.15) is 11.5 Å². The van der Waals surface area contributed by atoms with Crippen LogP contribution in [0.3, 0.4) is 0 Å². The molecule has 0 heterocycles. The highest BCUT2D eigenvalue weighted by Gasteiger charge is 2.12. The predicted molar refractivity (Wildman–Crippen MR) is 84.0 cm³/mol. The average molecular weight is 320 g/mol. The van der Waals surface area contributed by atoms with E-state index in [0.29, 0.717) is 22.1 Å². The molecule has 6 nitrogen and oxygen atoms in total. The highest BCUT2D eigenvalue weighted by molar-refractivity contribution is 6.30. The van der Waals surface area contributed by atoms with Crippen molar-refractivity contribution in [3.8, 4) is 11.5 Å². The molecule has 0 unspecified atom stereocenters. The summed E-state index contributed by atoms with van der Waals surface area (Å²) in [5, 5.41) is 9.58. The maximum Gasteiger partial charge on any atom is 0.355 e. The molecular formula is C15H14ClN3O3. The van der Waals surface area contributed by atoms with Gasteiger partial charge in [0.05, 0.1) is 5.70 Å². The van der Waals surface area contributed by atoms with Crippen LogP contribution in [-0.2, 0) is 4.79 Å². The van der Waals surface area contributed by atoms with Crippen molar-refractivity contribution >= 4 is 23.3 Å². The smallest absolute Gasteiger partial charge is 0.355 e. The SMILES string of the molecule is NN/C(C(=O)O)=C(\N)c1ccc(Oc2ccc(Cl)cc2)cc1. The first-order chi connectivity index (χ1) is 10.5. The van der Waals surface area contributed by atoms with Gasteiger partial charge in [0.15, 0.2) is 5.70 Å². The van der Waals surface area contributed by atoms with Crippen LogP contribution in [0.25, 0.3) is 5.70 Å². The van der Waals surface area contributed by atoms with Crippen molar-refractivity contribution in [1.29, 1.82) is 0 Å². The number of benzene rings is 2. The van der Waals surface area contributed by atoms with E-state index >= 15 is 0 Å². The van der Waals surface area contributed by atoms with E-state index in [-0.39, 0.29) is 11.4 Å². The Bertz CT molecular complexity index is 697. The second-order valence-electron chi connectivity index (χ2n) is 4.32. The van der Waals surface area contributed by atoms with Crippen LogP contribution < -0.4 is 21.7 Å². The first-order valence-electron chi connectivity index (χ1n) is 6.25. The van der Waals surface area contributed by atoms with Crippen molar-refractivity contribution in [2.45, 2.75) is 0 Å². The van der Waals surface area contributed by atoms with Crippen LogP contribution in [0.4, 0.5) is 0 Å². The van der Waals surface area contributed by atoms with E-state index in [1.165, 1.54) is 0 Å². The quantitative estimate of drug-likeness (QED) is 0.382. The molecule has 0 radical (unpaired) electrons. The summed E-state index contributed by atoms with van der Waals surface area (Å²) in [7, 11) is 0. The van der Waals surface area contributed by atoms with Gasteiger partial charge in [-0.15, -0.1) is 0 Å². The Morgan fingerprint density at radius 1 is 1.05 bits per heavy atom. The van der Waals surface area contributed by atoms with Gasteiger partial charge in [0.25, 0.3) is 0 Å². The molecule has 0 aliphatic heterocycles. The molecule has 0 aliphatic rings. The van der Waals surface area contributed by atoms with Crippen LogP contribution in [0.2, 0.25) is 5.02 Å². The molecule has 7 heteroatoms. The lowest BCUT2D eigenvalue weighted by atomic mass is 10.1. The molecule has 0 aromatic heterocycles. The zero-order valence-electron chi connectivity index (χ0n) is 11.4. The van der Waals surface area contributed by atoms with Crippen molar-refractivity contribution in [3.05, 3.63) is 64.8 Å². The van der Waals surface area contributed by atoms with Gasteiger partial charge in [0, 0.05) is 10.6 Å². The van der Waals surface area contributed by atoms with Crippen molar-refractivity contribution in [2.75, 3.05) is 0 Å². The van der Waals surface area contributed by atoms with E-state index in [1.54, 1.807) is 48.5 Å². The van der Waals surface area contributed by atoms with Crippen molar-refractivity contribution in [3.63, 3.8) is 0 Å². The van der Waals surface area contributed by atoms with E-state index in [9.17, 15) is 4.79 Å². The maximum atomic E-state index is 11.0. The normalized spacial score (nSPS) is 11.5. The van der Waals surface area contributed by atoms with Crippen LogP contribution in [0.5, 0.6) is 11.5 Å². The molecule has 0 atom stereocenters. The van der Waals surface area contributed by atoms with Gasteiger partial charge in [-0.2, -0.15) is 0 Å². The van der Waals surface area contributed by atoms with Crippen LogP contribution in [0.15, 0.2) is 54.2 Å². The molecule has 2 aromatic rings. The Labute approximate surface area is 131 Å². The zero-order valence-corrected chi connectivity index (χ0v) is 12.2. The molecule has 0 amide bonds. The fourth-order valence-electron chi connectivity index (χ4n) is 1.74. The van der Waals surface area contributed by atoms with Gasteiger partial charge in [0.2, 0.25) is 0 Å². The lowest BCUT2D eigenvalue weighted by Gasteiger charge is -2.09. The molecule has 0 aliphatic carbocycles. The van der Waals surface area contributed by atoms with Gasteiger partial charge in [-0.05, 0) is 48.5 Å². The third-order valence-corrected chi connectivity index (χ3v) is 3.09. The van der Waals surface area contributed by atoms with Crippen LogP contribution in [0, 0.1) is 0 Å². The molecule has 0 fully saturated rings. The standard InChI is InChI=1S/C15H14ClN3O3/c16-10-3-7-12(8-4-10)22-11-5-1-9(2-6-11)13(17)14(19-18)15(20)21/h1-8,19H,17-18H2,(H,20,21)/b14-13-. The summed E-state index contributed by atoms with van der Waals surface area (Å²) in [6.45, 7) is 0. The number of nitrogens with two attached hydrogens (primary N) is 2. The number of halogens is 1. The summed E-state index contributed by atoms with van der Waals surface area (Å²) in [4.78, 5) is 11.0. The molecule has 0 bridgehead atoms. The summed E-state index contributed by atoms with van der Waals surface area (Å²) in [5.41, 5.74) is 8.12. The second kappa shape index (κ2) is 6.84. The molecule has 2 rings (SSSR count). The number of hydrogen-bond acceptors (Lipinski definition) is 5. The maximum absolute atomic E-state index is 11.0. The molecule has 0 saturated heterocycles. The fourth-order valence-corrected chi connectivity index (χ4v) is 1.87. The van der Waals surface area contributed by atoms with E-state index < -0.39 is 5.97 Å². The molecular weight excluding hydrogens is 306 g/mol. The Morgan fingerprint density at radius 2 is 1.55 bits per heavy atom. The van der Waals surface area contributed by atoms with Crippen LogP contribution in [-0.4, -0.2) is 11.1 Å². The fraction of sp³-hybridized carbons (Fsp3) is 0. The minimum absolute atomic E-state index is 0.0352. The number of nitrogens with one attached hydrogen (secondary N) is 1. The van der Waals surface area contributed by atoms with Crippen molar-refractivity contribution in [1.82, 2.24) is 5.43 Å². The highest BCUT2D eigenvalue weighted by Crippen LogP contribution is 2.24. The third kappa shape index (κ3) is 3.69. The Balaban J connectivity index is 2.20. The van der Waals surface area contributed by atoms with Crippen molar-refractivity contribution in [2.24, 2.45) is 11.6 Å². The number of rotatable bonds is 5. The van der Waals surface area contributed by atoms with Gasteiger partial charge in [-0.3, -0.25) is 5.84 Å². The van der Waals surface area contributed by atoms with Crippen LogP contribution >= 0.6 is 11.6 Å². The monoisotopic (exact) mass is 319 g/mol. The summed E-state index contributed by atoms with van der Waals surface area (Å²) >= 11 is 5.80. The summed E-state index contributed by atoms with van der Waals surface area (Å²) in [6.07, 6.45) is 0. The lowest BCUT2D eigenvalue weighted by Crippen LogP contribution is -2.29. The van der Waals surface area contributed by atoms with Gasteiger partial charge in [-0.1, -0.05) is 11.6 Å². The van der Waals surface area contributed by atoms with E-state index in [2.05, 4.69) is 5.43 Å². The first kappa shape index (κ1) is 15.7. The molecule has 6 N–H and O–H groups in total. The first-order valence-corrected chi connectivity index (χ1v) is 6.62. The topological polar surface area (TPSA) is 111 Å². The van der Waals surface area contributed by atoms with E-state index in [1.807, 2.05) is 0 Å². The average Bonchev–Trinajstić information content (AvgIpc) is 2.50. The number of ether oxygens (including phenoxy) is 1. The number of hydrazine groups is 1. The summed E-state index contributed by atoms with van der Waals surface area (Å²) in [6, 6.07) is 13.5. The Morgan fingerprint density at radius 3 is 2.00 bits per heavy atom. The van der Waals surface area contributed by atoms with Gasteiger partial charge < -0.3 is 21.0 Å². The number of aliphatic carboxylic acids is 1. The Hall–Kier alpha value is -2.70. The van der Waals surface area contributed by atoms with Gasteiger partial charge >= 0.3 is 5.97 Å². The number of carbonyl (C=O) groups is 1. The number of carboxylic acids is 1. The molecule has 0 saturated carbocycles. The largest absolute Gasteiger partial charge is 0.476 e. The Kier molecular flexibility index (Phi) is 4.88. The minimum atomic E-state index is -1.23. The van der Waals surface area contributed by atoms with E-state index in [4.69, 9.17) is 33.0 Å². The molecule has 0 spiro atoms.